The predicted octanol–water partition coefficient (Wildman–Crippen LogP) is 1.67. The van der Waals surface area contributed by atoms with Crippen molar-refractivity contribution in [3.63, 3.8) is 0 Å². The van der Waals surface area contributed by atoms with E-state index >= 15 is 0 Å². The van der Waals surface area contributed by atoms with E-state index in [1.165, 1.54) is 6.20 Å². The number of aromatic nitrogens is 1. The van der Waals surface area contributed by atoms with Crippen LogP contribution in [-0.2, 0) is 9.47 Å². The minimum Gasteiger partial charge on any atom is -0.471 e. The number of nitrogens with zero attached hydrogens (tertiary/aromatic N) is 1. The molecule has 0 aromatic carbocycles. The molecule has 1 N–H and O–H groups in total. The molecule has 7 heteroatoms. The van der Waals surface area contributed by atoms with Crippen molar-refractivity contribution in [1.29, 1.82) is 0 Å². The summed E-state index contributed by atoms with van der Waals surface area (Å²) in [5.41, 5.74) is 0.410. The highest BCUT2D eigenvalue weighted by molar-refractivity contribution is 6.32. The molecule has 0 spiro atoms. The summed E-state index contributed by atoms with van der Waals surface area (Å²) in [5, 5.41) is 3.10. The fourth-order valence-electron chi connectivity index (χ4n) is 1.92. The summed E-state index contributed by atoms with van der Waals surface area (Å²) in [6.07, 6.45) is 3.01. The average molecular weight is 315 g/mol. The van der Waals surface area contributed by atoms with Gasteiger partial charge in [-0.1, -0.05) is 11.6 Å². The number of hydrogen-bond donors (Lipinski definition) is 1. The Kier molecular flexibility index (Phi) is 6.22. The lowest BCUT2D eigenvalue weighted by atomic mass is 10.2. The van der Waals surface area contributed by atoms with E-state index in [4.69, 9.17) is 25.8 Å². The van der Waals surface area contributed by atoms with E-state index in [1.807, 2.05) is 0 Å². The third-order valence-corrected chi connectivity index (χ3v) is 3.32. The Morgan fingerprint density at radius 2 is 2.48 bits per heavy atom. The number of ether oxygens (including phenoxy) is 3. The summed E-state index contributed by atoms with van der Waals surface area (Å²) < 4.78 is 15.8. The van der Waals surface area contributed by atoms with Crippen molar-refractivity contribution < 1.29 is 19.0 Å². The van der Waals surface area contributed by atoms with Crippen LogP contribution in [0.3, 0.4) is 0 Å². The van der Waals surface area contributed by atoms with Crippen LogP contribution in [0.1, 0.15) is 23.2 Å². The standard InChI is InChI=1S/C14H19ClN2O4/c1-19-5-2-4-16-13(18)10-7-12(15)14(17-8-10)21-11-3-6-20-9-11/h7-8,11H,2-6,9H2,1H3,(H,16,18). The topological polar surface area (TPSA) is 69.7 Å². The minimum atomic E-state index is -0.212. The van der Waals surface area contributed by atoms with Gasteiger partial charge in [0, 0.05) is 32.9 Å². The van der Waals surface area contributed by atoms with Crippen LogP contribution in [0, 0.1) is 0 Å². The van der Waals surface area contributed by atoms with Crippen LogP contribution >= 0.6 is 11.6 Å². The maximum Gasteiger partial charge on any atom is 0.252 e. The first-order valence-corrected chi connectivity index (χ1v) is 7.25. The molecule has 2 heterocycles. The molecule has 1 aromatic rings. The second-order valence-electron chi connectivity index (χ2n) is 4.72. The molecule has 1 fully saturated rings. The molecule has 1 saturated heterocycles. The van der Waals surface area contributed by atoms with E-state index in [0.29, 0.717) is 42.8 Å². The molecule has 0 bridgehead atoms. The van der Waals surface area contributed by atoms with Gasteiger partial charge in [0.2, 0.25) is 5.88 Å². The molecular weight excluding hydrogens is 296 g/mol. The van der Waals surface area contributed by atoms with Crippen molar-refractivity contribution in [3.05, 3.63) is 22.8 Å². The maximum atomic E-state index is 11.9. The fourth-order valence-corrected chi connectivity index (χ4v) is 2.13. The van der Waals surface area contributed by atoms with Crippen molar-refractivity contribution in [2.45, 2.75) is 18.9 Å². The number of carbonyl (C=O) groups excluding carboxylic acids is 1. The van der Waals surface area contributed by atoms with E-state index in [1.54, 1.807) is 13.2 Å². The number of methoxy groups -OCH3 is 1. The molecule has 1 atom stereocenters. The van der Waals surface area contributed by atoms with Gasteiger partial charge in [0.1, 0.15) is 11.1 Å². The largest absolute Gasteiger partial charge is 0.471 e. The number of hydrogen-bond acceptors (Lipinski definition) is 5. The molecule has 1 aliphatic rings. The Morgan fingerprint density at radius 1 is 1.62 bits per heavy atom. The zero-order valence-corrected chi connectivity index (χ0v) is 12.7. The number of rotatable bonds is 7. The zero-order chi connectivity index (χ0) is 15.1. The van der Waals surface area contributed by atoms with Gasteiger partial charge in [-0.3, -0.25) is 4.79 Å². The second kappa shape index (κ2) is 8.17. The van der Waals surface area contributed by atoms with Crippen LogP contribution in [0.25, 0.3) is 0 Å². The zero-order valence-electron chi connectivity index (χ0n) is 11.9. The summed E-state index contributed by atoms with van der Waals surface area (Å²) in [7, 11) is 1.62. The first kappa shape index (κ1) is 16.0. The first-order chi connectivity index (χ1) is 10.2. The molecule has 1 amide bonds. The van der Waals surface area contributed by atoms with Gasteiger partial charge in [-0.2, -0.15) is 0 Å². The minimum absolute atomic E-state index is 0.0243. The monoisotopic (exact) mass is 314 g/mol. The molecule has 1 unspecified atom stereocenters. The molecule has 1 aliphatic heterocycles. The Bertz CT molecular complexity index is 478. The van der Waals surface area contributed by atoms with Crippen LogP contribution in [-0.4, -0.2) is 50.5 Å². The molecule has 0 saturated carbocycles. The van der Waals surface area contributed by atoms with Crippen LogP contribution in [0.2, 0.25) is 5.02 Å². The maximum absolute atomic E-state index is 11.9. The Balaban J connectivity index is 1.89. The Hall–Kier alpha value is -1.37. The summed E-state index contributed by atoms with van der Waals surface area (Å²) >= 11 is 6.11. The van der Waals surface area contributed by atoms with Gasteiger partial charge in [0.05, 0.1) is 18.8 Å². The third-order valence-electron chi connectivity index (χ3n) is 3.05. The van der Waals surface area contributed by atoms with E-state index in [-0.39, 0.29) is 12.0 Å². The Morgan fingerprint density at radius 3 is 3.14 bits per heavy atom. The first-order valence-electron chi connectivity index (χ1n) is 6.88. The fraction of sp³-hybridized carbons (Fsp3) is 0.571. The van der Waals surface area contributed by atoms with E-state index < -0.39 is 0 Å². The summed E-state index contributed by atoms with van der Waals surface area (Å²) in [4.78, 5) is 16.0. The lowest BCUT2D eigenvalue weighted by molar-refractivity contribution is 0.0948. The molecule has 0 aliphatic carbocycles. The van der Waals surface area contributed by atoms with E-state index in [0.717, 1.165) is 12.8 Å². The number of nitrogens with one attached hydrogen (secondary N) is 1. The van der Waals surface area contributed by atoms with Gasteiger partial charge in [0.15, 0.2) is 0 Å². The van der Waals surface area contributed by atoms with Crippen LogP contribution in [0.15, 0.2) is 12.3 Å². The normalized spacial score (nSPS) is 17.7. The molecule has 2 rings (SSSR count). The molecule has 6 nitrogen and oxygen atoms in total. The van der Waals surface area contributed by atoms with E-state index in [9.17, 15) is 4.79 Å². The molecule has 1 aromatic heterocycles. The van der Waals surface area contributed by atoms with Crippen molar-refractivity contribution in [1.82, 2.24) is 10.3 Å². The van der Waals surface area contributed by atoms with Crippen LogP contribution in [0.4, 0.5) is 0 Å². The molecule has 116 valence electrons. The van der Waals surface area contributed by atoms with Gasteiger partial charge in [-0.15, -0.1) is 0 Å². The lowest BCUT2D eigenvalue weighted by Gasteiger charge is -2.12. The van der Waals surface area contributed by atoms with Crippen molar-refractivity contribution in [2.75, 3.05) is 33.5 Å². The number of amides is 1. The predicted molar refractivity (Wildman–Crippen MR) is 77.9 cm³/mol. The highest BCUT2D eigenvalue weighted by atomic mass is 35.5. The number of carbonyl (C=O) groups is 1. The van der Waals surface area contributed by atoms with Gasteiger partial charge in [-0.05, 0) is 12.5 Å². The highest BCUT2D eigenvalue weighted by Gasteiger charge is 2.19. The van der Waals surface area contributed by atoms with Crippen molar-refractivity contribution in [2.24, 2.45) is 0 Å². The van der Waals surface area contributed by atoms with Crippen molar-refractivity contribution >= 4 is 17.5 Å². The van der Waals surface area contributed by atoms with Gasteiger partial charge in [0.25, 0.3) is 5.91 Å². The van der Waals surface area contributed by atoms with Crippen LogP contribution in [0.5, 0.6) is 5.88 Å². The lowest BCUT2D eigenvalue weighted by Crippen LogP contribution is -2.25. The molecular formula is C14H19ClN2O4. The van der Waals surface area contributed by atoms with Gasteiger partial charge in [-0.25, -0.2) is 4.98 Å². The average Bonchev–Trinajstić information content (AvgIpc) is 2.98. The smallest absolute Gasteiger partial charge is 0.252 e. The summed E-state index contributed by atoms with van der Waals surface area (Å²) in [5.74, 6) is 0.124. The number of pyridine rings is 1. The van der Waals surface area contributed by atoms with E-state index in [2.05, 4.69) is 10.3 Å². The molecule has 21 heavy (non-hydrogen) atoms. The second-order valence-corrected chi connectivity index (χ2v) is 5.12. The highest BCUT2D eigenvalue weighted by Crippen LogP contribution is 2.25. The quantitative estimate of drug-likeness (QED) is 0.775. The molecule has 0 radical (unpaired) electrons. The summed E-state index contributed by atoms with van der Waals surface area (Å²) in [6, 6.07) is 1.56. The van der Waals surface area contributed by atoms with Crippen molar-refractivity contribution in [3.8, 4) is 5.88 Å². The SMILES string of the molecule is COCCCNC(=O)c1cnc(OC2CCOC2)c(Cl)c1. The van der Waals surface area contributed by atoms with Crippen LogP contribution < -0.4 is 10.1 Å². The summed E-state index contributed by atoms with van der Waals surface area (Å²) in [6.45, 7) is 2.38. The third kappa shape index (κ3) is 4.84. The van der Waals surface area contributed by atoms with Gasteiger partial charge < -0.3 is 19.5 Å². The Labute approximate surface area is 128 Å². The van der Waals surface area contributed by atoms with Gasteiger partial charge >= 0.3 is 0 Å². The number of halogens is 1.